The number of rotatable bonds is 7. The molecule has 54 heavy (non-hydrogen) atoms. The summed E-state index contributed by atoms with van der Waals surface area (Å²) in [5.41, 5.74) is 2.83. The van der Waals surface area contributed by atoms with Crippen LogP contribution in [0.5, 0.6) is 11.5 Å². The minimum atomic E-state index is -0.696. The Kier molecular flexibility index (Phi) is 10.3. The van der Waals surface area contributed by atoms with Crippen LogP contribution in [0.1, 0.15) is 72.7 Å². The minimum absolute atomic E-state index is 0.0705. The fraction of sp³-hybridized carbons (Fsp3) is 0.381. The first-order valence-corrected chi connectivity index (χ1v) is 19.2. The second kappa shape index (κ2) is 14.9. The first-order chi connectivity index (χ1) is 25.7. The number of pyridine rings is 1. The molecular formula is C42H47N5O6S. The van der Waals surface area contributed by atoms with Gasteiger partial charge in [0.05, 0.1) is 11.1 Å². The standard InChI is InChI=1S/C42H47N5O6S/c1-41(2,3)52-39(49)34-14-13-31(24-35(34)51-33-23-29-15-16-46(37(29)43-25-33)40(50)53-42(4,5)6)45-19-17-44(18-20-45)27-32-22-28-10-7-8-11-30(28)26-47(32)38(48)36-12-9-21-54-36/h7-16,21,23-25,32H,17-20,22,26-27H2,1-6H3/t32-/m0/s1. The van der Waals surface area contributed by atoms with Crippen LogP contribution in [0.3, 0.4) is 0 Å². The van der Waals surface area contributed by atoms with Gasteiger partial charge in [0.1, 0.15) is 33.9 Å². The topological polar surface area (TPSA) is 106 Å². The maximum absolute atomic E-state index is 13.7. The normalized spacial score (nSPS) is 16.6. The quantitative estimate of drug-likeness (QED) is 0.153. The Morgan fingerprint density at radius 3 is 2.30 bits per heavy atom. The van der Waals surface area contributed by atoms with Gasteiger partial charge in [0.25, 0.3) is 5.91 Å². The molecule has 0 spiro atoms. The molecule has 11 nitrogen and oxygen atoms in total. The van der Waals surface area contributed by atoms with Crippen molar-refractivity contribution in [1.29, 1.82) is 0 Å². The Bertz CT molecular complexity index is 2160. The first kappa shape index (κ1) is 37.1. The summed E-state index contributed by atoms with van der Waals surface area (Å²) in [6.45, 7) is 15.5. The van der Waals surface area contributed by atoms with E-state index in [0.717, 1.165) is 49.7 Å². The number of carbonyl (C=O) groups excluding carboxylic acids is 3. The van der Waals surface area contributed by atoms with Gasteiger partial charge in [-0.05, 0) is 94.8 Å². The molecular weight excluding hydrogens is 703 g/mol. The van der Waals surface area contributed by atoms with Gasteiger partial charge in [0.15, 0.2) is 0 Å². The van der Waals surface area contributed by atoms with Crippen LogP contribution in [0.15, 0.2) is 84.5 Å². The maximum Gasteiger partial charge on any atom is 0.420 e. The van der Waals surface area contributed by atoms with Crippen LogP contribution in [0, 0.1) is 0 Å². The van der Waals surface area contributed by atoms with Gasteiger partial charge < -0.3 is 24.0 Å². The number of hydrogen-bond donors (Lipinski definition) is 0. The van der Waals surface area contributed by atoms with Crippen molar-refractivity contribution in [2.24, 2.45) is 0 Å². The molecule has 12 heteroatoms. The highest BCUT2D eigenvalue weighted by atomic mass is 32.1. The molecule has 0 unspecified atom stereocenters. The van der Waals surface area contributed by atoms with E-state index in [0.29, 0.717) is 34.6 Å². The summed E-state index contributed by atoms with van der Waals surface area (Å²) < 4.78 is 19.0. The summed E-state index contributed by atoms with van der Waals surface area (Å²) in [4.78, 5) is 51.9. The SMILES string of the molecule is CC(C)(C)OC(=O)c1ccc(N2CCN(C[C@@H]3Cc4ccccc4CN3C(=O)c3cccs3)CC2)cc1Oc1cnc2c(ccn2C(=O)OC(C)(C)C)c1. The Morgan fingerprint density at radius 2 is 1.59 bits per heavy atom. The van der Waals surface area contributed by atoms with E-state index in [1.807, 2.05) is 77.3 Å². The molecule has 2 aliphatic rings. The number of piperazine rings is 1. The zero-order valence-electron chi connectivity index (χ0n) is 31.7. The predicted octanol–water partition coefficient (Wildman–Crippen LogP) is 8.02. The fourth-order valence-corrected chi connectivity index (χ4v) is 7.63. The van der Waals surface area contributed by atoms with Crippen LogP contribution in [0.2, 0.25) is 0 Å². The number of hydrogen-bond acceptors (Lipinski definition) is 10. The average Bonchev–Trinajstić information content (AvgIpc) is 3.81. The van der Waals surface area contributed by atoms with Crippen LogP contribution in [-0.4, -0.2) is 87.3 Å². The third-order valence-corrected chi connectivity index (χ3v) is 10.3. The van der Waals surface area contributed by atoms with Crippen LogP contribution >= 0.6 is 11.3 Å². The van der Waals surface area contributed by atoms with Crippen molar-refractivity contribution in [1.82, 2.24) is 19.4 Å². The highest BCUT2D eigenvalue weighted by Gasteiger charge is 2.33. The lowest BCUT2D eigenvalue weighted by Crippen LogP contribution is -2.54. The summed E-state index contributed by atoms with van der Waals surface area (Å²) in [5.74, 6) is 0.359. The number of nitrogens with zero attached hydrogens (tertiary/aromatic N) is 5. The van der Waals surface area contributed by atoms with Crippen LogP contribution < -0.4 is 9.64 Å². The Morgan fingerprint density at radius 1 is 0.852 bits per heavy atom. The van der Waals surface area contributed by atoms with Crippen molar-refractivity contribution in [3.05, 3.63) is 106 Å². The van der Waals surface area contributed by atoms with E-state index in [4.69, 9.17) is 14.2 Å². The molecule has 0 saturated carbocycles. The first-order valence-electron chi connectivity index (χ1n) is 18.3. The maximum atomic E-state index is 13.7. The second-order valence-corrected chi connectivity index (χ2v) is 16.8. The number of fused-ring (bicyclic) bond motifs is 2. The fourth-order valence-electron chi connectivity index (χ4n) is 6.96. The molecule has 5 aromatic rings. The number of aromatic nitrogens is 2. The molecule has 1 saturated heterocycles. The number of benzene rings is 2. The molecule has 2 aromatic carbocycles. The smallest absolute Gasteiger partial charge is 0.420 e. The van der Waals surface area contributed by atoms with Crippen LogP contribution in [0.4, 0.5) is 10.5 Å². The summed E-state index contributed by atoms with van der Waals surface area (Å²) in [5, 5.41) is 2.64. The molecule has 3 aromatic heterocycles. The van der Waals surface area contributed by atoms with E-state index in [-0.39, 0.29) is 11.9 Å². The summed E-state index contributed by atoms with van der Waals surface area (Å²) >= 11 is 1.49. The van der Waals surface area contributed by atoms with E-state index in [1.54, 1.807) is 24.4 Å². The number of thiophene rings is 1. The number of ether oxygens (including phenoxy) is 3. The molecule has 2 aliphatic heterocycles. The number of esters is 1. The van der Waals surface area contributed by atoms with Crippen LogP contribution in [-0.2, 0) is 22.4 Å². The van der Waals surface area contributed by atoms with Gasteiger partial charge in [0, 0.05) is 68.6 Å². The molecule has 7 rings (SSSR count). The molecule has 0 radical (unpaired) electrons. The zero-order valence-corrected chi connectivity index (χ0v) is 32.5. The van der Waals surface area contributed by atoms with Crippen molar-refractivity contribution in [3.8, 4) is 11.5 Å². The monoisotopic (exact) mass is 749 g/mol. The lowest BCUT2D eigenvalue weighted by molar-refractivity contribution is 0.00667. The molecule has 5 heterocycles. The van der Waals surface area contributed by atoms with Gasteiger partial charge in [-0.3, -0.25) is 9.69 Å². The average molecular weight is 750 g/mol. The lowest BCUT2D eigenvalue weighted by atomic mass is 9.93. The highest BCUT2D eigenvalue weighted by molar-refractivity contribution is 7.12. The summed E-state index contributed by atoms with van der Waals surface area (Å²) in [7, 11) is 0. The minimum Gasteiger partial charge on any atom is -0.456 e. The van der Waals surface area contributed by atoms with E-state index < -0.39 is 23.3 Å². The van der Waals surface area contributed by atoms with Gasteiger partial charge in [-0.1, -0.05) is 30.3 Å². The van der Waals surface area contributed by atoms with Gasteiger partial charge in [-0.15, -0.1) is 11.3 Å². The van der Waals surface area contributed by atoms with Crippen molar-refractivity contribution in [3.63, 3.8) is 0 Å². The third kappa shape index (κ3) is 8.45. The molecule has 0 aliphatic carbocycles. The molecule has 282 valence electrons. The van der Waals surface area contributed by atoms with E-state index in [2.05, 4.69) is 37.9 Å². The van der Waals surface area contributed by atoms with Crippen molar-refractivity contribution in [2.75, 3.05) is 37.6 Å². The number of anilines is 1. The van der Waals surface area contributed by atoms with E-state index in [1.165, 1.54) is 33.2 Å². The van der Waals surface area contributed by atoms with Gasteiger partial charge in [-0.2, -0.15) is 0 Å². The van der Waals surface area contributed by atoms with Crippen molar-refractivity contribution >= 4 is 46.0 Å². The Hall–Kier alpha value is -5.20. The lowest BCUT2D eigenvalue weighted by Gasteiger charge is -2.42. The second-order valence-electron chi connectivity index (χ2n) is 15.9. The largest absolute Gasteiger partial charge is 0.456 e. The molecule has 1 atom stereocenters. The summed E-state index contributed by atoms with van der Waals surface area (Å²) in [6.07, 6.45) is 3.46. The van der Waals surface area contributed by atoms with Gasteiger partial charge in [-0.25, -0.2) is 19.1 Å². The predicted molar refractivity (Wildman–Crippen MR) is 210 cm³/mol. The van der Waals surface area contributed by atoms with Gasteiger partial charge >= 0.3 is 12.1 Å². The zero-order chi connectivity index (χ0) is 38.2. The van der Waals surface area contributed by atoms with Crippen molar-refractivity contribution < 1.29 is 28.6 Å². The van der Waals surface area contributed by atoms with Gasteiger partial charge in [0.2, 0.25) is 0 Å². The number of carbonyl (C=O) groups is 3. The molecule has 1 fully saturated rings. The van der Waals surface area contributed by atoms with Crippen molar-refractivity contribution in [2.45, 2.75) is 71.8 Å². The summed E-state index contributed by atoms with van der Waals surface area (Å²) in [6, 6.07) is 21.5. The van der Waals surface area contributed by atoms with E-state index >= 15 is 0 Å². The Labute approximate surface area is 320 Å². The highest BCUT2D eigenvalue weighted by Crippen LogP contribution is 2.34. The molecule has 0 bridgehead atoms. The Balaban J connectivity index is 1.08. The van der Waals surface area contributed by atoms with E-state index in [9.17, 15) is 14.4 Å². The molecule has 1 amide bonds. The van der Waals surface area contributed by atoms with Crippen LogP contribution in [0.25, 0.3) is 11.0 Å². The third-order valence-electron chi connectivity index (χ3n) is 9.46. The number of amides is 1. The molecule has 0 N–H and O–H groups in total.